The Hall–Kier alpha value is -3.72. The average molecular weight is 450 g/mol. The zero-order chi connectivity index (χ0) is 23.7. The van der Waals surface area contributed by atoms with Crippen LogP contribution in [0.5, 0.6) is 5.75 Å². The highest BCUT2D eigenvalue weighted by Crippen LogP contribution is 2.36. The molecule has 2 aliphatic heterocycles. The summed E-state index contributed by atoms with van der Waals surface area (Å²) in [6.45, 7) is 2.86. The maximum absolute atomic E-state index is 12.7. The standard InChI is InChI=1S/C24H26N4O5/c1-15-22(30)27(13-12-26(2)3)19-14-16(8-9-20(19)33-15)25-21(29)10-11-28-23(31)17-6-4-5-7-18(17)24(28)32/h4-9,14-15H,10-13H2,1-3H3,(H,25,29). The molecule has 0 bridgehead atoms. The molecule has 2 aromatic carbocycles. The van der Waals surface area contributed by atoms with Crippen LogP contribution in [0.25, 0.3) is 0 Å². The SMILES string of the molecule is CC1Oc2ccc(NC(=O)CCN3C(=O)c4ccccc4C3=O)cc2N(CCN(C)C)C1=O. The fourth-order valence-corrected chi connectivity index (χ4v) is 3.89. The third-order valence-corrected chi connectivity index (χ3v) is 5.66. The van der Waals surface area contributed by atoms with Gasteiger partial charge >= 0.3 is 0 Å². The summed E-state index contributed by atoms with van der Waals surface area (Å²) in [6.07, 6.45) is -0.626. The van der Waals surface area contributed by atoms with Crippen LogP contribution in [-0.2, 0) is 9.59 Å². The van der Waals surface area contributed by atoms with Crippen LogP contribution in [0.1, 0.15) is 34.1 Å². The minimum absolute atomic E-state index is 0.0167. The smallest absolute Gasteiger partial charge is 0.267 e. The van der Waals surface area contributed by atoms with E-state index in [1.165, 1.54) is 0 Å². The molecule has 9 nitrogen and oxygen atoms in total. The van der Waals surface area contributed by atoms with Gasteiger partial charge in [0.2, 0.25) is 5.91 Å². The summed E-state index contributed by atoms with van der Waals surface area (Å²) < 4.78 is 5.71. The van der Waals surface area contributed by atoms with Gasteiger partial charge in [-0.1, -0.05) is 12.1 Å². The number of benzene rings is 2. The average Bonchev–Trinajstić information content (AvgIpc) is 3.03. The number of ether oxygens (including phenoxy) is 1. The highest BCUT2D eigenvalue weighted by molar-refractivity contribution is 6.21. The highest BCUT2D eigenvalue weighted by atomic mass is 16.5. The van der Waals surface area contributed by atoms with Gasteiger partial charge in [0.05, 0.1) is 16.8 Å². The molecule has 0 aromatic heterocycles. The van der Waals surface area contributed by atoms with Gasteiger partial charge in [-0.2, -0.15) is 0 Å². The summed E-state index contributed by atoms with van der Waals surface area (Å²) in [5.41, 5.74) is 1.81. The number of fused-ring (bicyclic) bond motifs is 2. The molecule has 2 aromatic rings. The Morgan fingerprint density at radius 2 is 1.67 bits per heavy atom. The van der Waals surface area contributed by atoms with E-state index < -0.39 is 17.9 Å². The van der Waals surface area contributed by atoms with Crippen LogP contribution < -0.4 is 15.0 Å². The molecule has 0 spiro atoms. The van der Waals surface area contributed by atoms with E-state index in [9.17, 15) is 19.2 Å². The normalized spacial score (nSPS) is 17.2. The number of hydrogen-bond acceptors (Lipinski definition) is 6. The first-order chi connectivity index (χ1) is 15.8. The Kier molecular flexibility index (Phi) is 6.15. The number of anilines is 2. The molecule has 172 valence electrons. The van der Waals surface area contributed by atoms with Crippen molar-refractivity contribution < 1.29 is 23.9 Å². The second-order valence-electron chi connectivity index (χ2n) is 8.34. The lowest BCUT2D eigenvalue weighted by molar-refractivity contribution is -0.125. The van der Waals surface area contributed by atoms with E-state index in [0.29, 0.717) is 41.3 Å². The molecule has 0 aliphatic carbocycles. The van der Waals surface area contributed by atoms with Crippen molar-refractivity contribution in [2.75, 3.05) is 43.9 Å². The molecule has 9 heteroatoms. The number of likely N-dealkylation sites (N-methyl/N-ethyl adjacent to an activating group) is 1. The predicted octanol–water partition coefficient (Wildman–Crippen LogP) is 1.99. The molecular weight excluding hydrogens is 424 g/mol. The molecule has 4 amide bonds. The van der Waals surface area contributed by atoms with Crippen LogP contribution in [-0.4, -0.2) is 73.3 Å². The van der Waals surface area contributed by atoms with Gasteiger partial charge < -0.3 is 19.9 Å². The molecule has 2 aliphatic rings. The minimum Gasteiger partial charge on any atom is -0.479 e. The molecule has 1 unspecified atom stereocenters. The second kappa shape index (κ2) is 9.03. The summed E-state index contributed by atoms with van der Waals surface area (Å²) in [5.74, 6) is -0.692. The summed E-state index contributed by atoms with van der Waals surface area (Å²) in [7, 11) is 3.86. The summed E-state index contributed by atoms with van der Waals surface area (Å²) >= 11 is 0. The van der Waals surface area contributed by atoms with Crippen molar-refractivity contribution in [1.29, 1.82) is 0 Å². The van der Waals surface area contributed by atoms with Crippen LogP contribution in [0.2, 0.25) is 0 Å². The van der Waals surface area contributed by atoms with Crippen molar-refractivity contribution in [3.63, 3.8) is 0 Å². The lowest BCUT2D eigenvalue weighted by Gasteiger charge is -2.34. The number of nitrogens with one attached hydrogen (secondary N) is 1. The van der Waals surface area contributed by atoms with Gasteiger partial charge in [-0.3, -0.25) is 24.1 Å². The number of hydrogen-bond donors (Lipinski definition) is 1. The molecule has 0 fully saturated rings. The van der Waals surface area contributed by atoms with Crippen molar-refractivity contribution in [1.82, 2.24) is 9.80 Å². The number of rotatable bonds is 7. The number of carbonyl (C=O) groups excluding carboxylic acids is 4. The fourth-order valence-electron chi connectivity index (χ4n) is 3.89. The van der Waals surface area contributed by atoms with Crippen LogP contribution in [0, 0.1) is 0 Å². The van der Waals surface area contributed by atoms with E-state index >= 15 is 0 Å². The molecule has 1 atom stereocenters. The second-order valence-corrected chi connectivity index (χ2v) is 8.34. The van der Waals surface area contributed by atoms with E-state index in [1.54, 1.807) is 54.3 Å². The molecule has 0 radical (unpaired) electrons. The van der Waals surface area contributed by atoms with E-state index in [0.717, 1.165) is 4.90 Å². The topological polar surface area (TPSA) is 99.3 Å². The molecular formula is C24H26N4O5. The van der Waals surface area contributed by atoms with Gasteiger partial charge in [-0.25, -0.2) is 0 Å². The Balaban J connectivity index is 1.43. The lowest BCUT2D eigenvalue weighted by Crippen LogP contribution is -2.46. The van der Waals surface area contributed by atoms with E-state index in [1.807, 2.05) is 19.0 Å². The van der Waals surface area contributed by atoms with Crippen molar-refractivity contribution in [2.45, 2.75) is 19.4 Å². The van der Waals surface area contributed by atoms with Gasteiger partial charge in [0.1, 0.15) is 5.75 Å². The highest BCUT2D eigenvalue weighted by Gasteiger charge is 2.35. The van der Waals surface area contributed by atoms with Gasteiger partial charge in [0.15, 0.2) is 6.10 Å². The van der Waals surface area contributed by atoms with Crippen LogP contribution in [0.3, 0.4) is 0 Å². The Labute approximate surface area is 191 Å². The lowest BCUT2D eigenvalue weighted by atomic mass is 10.1. The quantitative estimate of drug-likeness (QED) is 0.648. The van der Waals surface area contributed by atoms with Crippen LogP contribution >= 0.6 is 0 Å². The van der Waals surface area contributed by atoms with Gasteiger partial charge in [-0.15, -0.1) is 0 Å². The number of carbonyl (C=O) groups is 4. The molecule has 0 saturated heterocycles. The van der Waals surface area contributed by atoms with E-state index in [-0.39, 0.29) is 24.8 Å². The van der Waals surface area contributed by atoms with Crippen LogP contribution in [0.4, 0.5) is 11.4 Å². The maximum Gasteiger partial charge on any atom is 0.267 e. The van der Waals surface area contributed by atoms with Crippen molar-refractivity contribution in [3.8, 4) is 5.75 Å². The minimum atomic E-state index is -0.584. The maximum atomic E-state index is 12.7. The molecule has 2 heterocycles. The van der Waals surface area contributed by atoms with E-state index in [2.05, 4.69) is 5.32 Å². The third kappa shape index (κ3) is 4.45. The predicted molar refractivity (Wildman–Crippen MR) is 122 cm³/mol. The molecule has 1 N–H and O–H groups in total. The first-order valence-electron chi connectivity index (χ1n) is 10.8. The number of nitrogens with zero attached hydrogens (tertiary/aromatic N) is 3. The Bertz CT molecular complexity index is 1090. The van der Waals surface area contributed by atoms with Crippen molar-refractivity contribution in [2.24, 2.45) is 0 Å². The fraction of sp³-hybridized carbons (Fsp3) is 0.333. The third-order valence-electron chi connectivity index (χ3n) is 5.66. The summed E-state index contributed by atoms with van der Waals surface area (Å²) in [6, 6.07) is 11.7. The van der Waals surface area contributed by atoms with Gasteiger partial charge in [-0.05, 0) is 51.4 Å². The summed E-state index contributed by atoms with van der Waals surface area (Å²) in [5, 5.41) is 2.79. The Morgan fingerprint density at radius 1 is 1.00 bits per heavy atom. The van der Waals surface area contributed by atoms with E-state index in [4.69, 9.17) is 4.74 Å². The summed E-state index contributed by atoms with van der Waals surface area (Å²) in [4.78, 5) is 54.9. The molecule has 4 rings (SSSR count). The van der Waals surface area contributed by atoms with Crippen molar-refractivity contribution >= 4 is 35.0 Å². The number of amides is 4. The molecule has 0 saturated carbocycles. The zero-order valence-electron chi connectivity index (χ0n) is 18.8. The van der Waals surface area contributed by atoms with Crippen LogP contribution in [0.15, 0.2) is 42.5 Å². The first-order valence-corrected chi connectivity index (χ1v) is 10.8. The van der Waals surface area contributed by atoms with Gasteiger partial charge in [0, 0.05) is 31.7 Å². The largest absolute Gasteiger partial charge is 0.479 e. The Morgan fingerprint density at radius 3 is 2.30 bits per heavy atom. The zero-order valence-corrected chi connectivity index (χ0v) is 18.8. The number of imide groups is 1. The van der Waals surface area contributed by atoms with Crippen molar-refractivity contribution in [3.05, 3.63) is 53.6 Å². The monoisotopic (exact) mass is 450 g/mol. The van der Waals surface area contributed by atoms with Gasteiger partial charge in [0.25, 0.3) is 17.7 Å². The first kappa shape index (κ1) is 22.5. The molecule has 33 heavy (non-hydrogen) atoms.